The molecule has 0 saturated carbocycles. The summed E-state index contributed by atoms with van der Waals surface area (Å²) in [7, 11) is -3.98. The summed E-state index contributed by atoms with van der Waals surface area (Å²) in [6, 6.07) is 3.36. The standard InChI is InChI=1S/C10H10Cl2N2O4S/c11-5-1-2-6-13-19(17,18)10-4-3-8(12)7-9(10)14(15)16/h1-4,7,13H,5-6H2/b2-1+. The van der Waals surface area contributed by atoms with Gasteiger partial charge in [-0.2, -0.15) is 0 Å². The molecule has 0 aliphatic heterocycles. The van der Waals surface area contributed by atoms with Crippen LogP contribution in [0.4, 0.5) is 5.69 Å². The Labute approximate surface area is 120 Å². The average molecular weight is 325 g/mol. The van der Waals surface area contributed by atoms with Crippen molar-refractivity contribution in [2.45, 2.75) is 4.90 Å². The maximum atomic E-state index is 11.9. The first-order chi connectivity index (χ1) is 8.88. The second kappa shape index (κ2) is 6.85. The minimum absolute atomic E-state index is 0.00512. The van der Waals surface area contributed by atoms with Crippen molar-refractivity contribution < 1.29 is 13.3 Å². The Bertz CT molecular complexity index is 602. The normalized spacial score (nSPS) is 11.9. The lowest BCUT2D eigenvalue weighted by atomic mass is 10.3. The molecule has 1 aromatic carbocycles. The number of nitrogens with zero attached hydrogens (tertiary/aromatic N) is 1. The highest BCUT2D eigenvalue weighted by Gasteiger charge is 2.25. The quantitative estimate of drug-likeness (QED) is 0.376. The molecule has 0 heterocycles. The molecule has 0 aromatic heterocycles. The van der Waals surface area contributed by atoms with Crippen molar-refractivity contribution >= 4 is 38.9 Å². The fraction of sp³-hybridized carbons (Fsp3) is 0.200. The van der Waals surface area contributed by atoms with E-state index in [1.807, 2.05) is 0 Å². The van der Waals surface area contributed by atoms with Gasteiger partial charge in [0.05, 0.1) is 4.92 Å². The zero-order valence-electron chi connectivity index (χ0n) is 9.55. The molecular weight excluding hydrogens is 315 g/mol. The average Bonchev–Trinajstić information content (AvgIpc) is 2.34. The summed E-state index contributed by atoms with van der Waals surface area (Å²) in [5, 5.41) is 10.9. The van der Waals surface area contributed by atoms with E-state index in [0.717, 1.165) is 12.1 Å². The van der Waals surface area contributed by atoms with Crippen LogP contribution in [0.1, 0.15) is 0 Å². The molecule has 1 aromatic rings. The number of nitrogens with one attached hydrogen (secondary N) is 1. The van der Waals surface area contributed by atoms with Crippen molar-refractivity contribution in [1.29, 1.82) is 0 Å². The first-order valence-electron chi connectivity index (χ1n) is 5.03. The third-order valence-corrected chi connectivity index (χ3v) is 3.94. The minimum Gasteiger partial charge on any atom is -0.258 e. The molecule has 1 N–H and O–H groups in total. The molecule has 1 rings (SSSR count). The lowest BCUT2D eigenvalue weighted by molar-refractivity contribution is -0.387. The molecule has 0 fully saturated rings. The maximum Gasteiger partial charge on any atom is 0.290 e. The molecule has 0 saturated heterocycles. The van der Waals surface area contributed by atoms with Gasteiger partial charge in [0, 0.05) is 23.5 Å². The van der Waals surface area contributed by atoms with Crippen molar-refractivity contribution in [2.75, 3.05) is 12.4 Å². The van der Waals surface area contributed by atoms with E-state index in [0.29, 0.717) is 0 Å². The third-order valence-electron chi connectivity index (χ3n) is 2.05. The highest BCUT2D eigenvalue weighted by Crippen LogP contribution is 2.26. The monoisotopic (exact) mass is 324 g/mol. The summed E-state index contributed by atoms with van der Waals surface area (Å²) in [5.74, 6) is 0.253. The number of hydrogen-bond donors (Lipinski definition) is 1. The molecule has 0 bridgehead atoms. The minimum atomic E-state index is -3.98. The van der Waals surface area contributed by atoms with Gasteiger partial charge >= 0.3 is 0 Å². The van der Waals surface area contributed by atoms with Crippen LogP contribution in [0.5, 0.6) is 0 Å². The molecule has 9 heteroatoms. The molecule has 104 valence electrons. The molecule has 0 unspecified atom stereocenters. The number of halogens is 2. The van der Waals surface area contributed by atoms with Gasteiger partial charge in [0.2, 0.25) is 10.0 Å². The Morgan fingerprint density at radius 1 is 1.37 bits per heavy atom. The van der Waals surface area contributed by atoms with Crippen LogP contribution in [-0.2, 0) is 10.0 Å². The zero-order valence-corrected chi connectivity index (χ0v) is 11.9. The van der Waals surface area contributed by atoms with E-state index in [1.165, 1.54) is 12.1 Å². The van der Waals surface area contributed by atoms with Gasteiger partial charge in [-0.25, -0.2) is 13.1 Å². The van der Waals surface area contributed by atoms with E-state index >= 15 is 0 Å². The largest absolute Gasteiger partial charge is 0.290 e. The lowest BCUT2D eigenvalue weighted by Gasteiger charge is -2.05. The Morgan fingerprint density at radius 3 is 2.63 bits per heavy atom. The fourth-order valence-corrected chi connectivity index (χ4v) is 2.66. The van der Waals surface area contributed by atoms with Crippen LogP contribution in [0.15, 0.2) is 35.2 Å². The Balaban J connectivity index is 3.07. The highest BCUT2D eigenvalue weighted by atomic mass is 35.5. The van der Waals surface area contributed by atoms with E-state index in [2.05, 4.69) is 4.72 Å². The molecule has 19 heavy (non-hydrogen) atoms. The van der Waals surface area contributed by atoms with E-state index in [4.69, 9.17) is 23.2 Å². The second-order valence-corrected chi connectivity index (χ2v) is 5.83. The third kappa shape index (κ3) is 4.46. The smallest absolute Gasteiger partial charge is 0.258 e. The van der Waals surface area contributed by atoms with E-state index in [1.54, 1.807) is 6.08 Å². The van der Waals surface area contributed by atoms with Gasteiger partial charge < -0.3 is 0 Å². The summed E-state index contributed by atoms with van der Waals surface area (Å²) in [4.78, 5) is 9.59. The predicted molar refractivity (Wildman–Crippen MR) is 73.2 cm³/mol. The summed E-state index contributed by atoms with van der Waals surface area (Å²) >= 11 is 11.0. The number of allylic oxidation sites excluding steroid dienone is 1. The maximum absolute atomic E-state index is 11.9. The van der Waals surface area contributed by atoms with Gasteiger partial charge in [-0.15, -0.1) is 11.6 Å². The van der Waals surface area contributed by atoms with Crippen LogP contribution in [0, 0.1) is 10.1 Å². The molecule has 0 spiro atoms. The molecule has 6 nitrogen and oxygen atoms in total. The predicted octanol–water partition coefficient (Wildman–Crippen LogP) is 2.32. The van der Waals surface area contributed by atoms with Crippen LogP contribution < -0.4 is 4.72 Å². The van der Waals surface area contributed by atoms with Gasteiger partial charge in [0.15, 0.2) is 4.90 Å². The SMILES string of the molecule is O=[N+]([O-])c1cc(Cl)ccc1S(=O)(=O)NC/C=C/CCl. The molecule has 0 atom stereocenters. The van der Waals surface area contributed by atoms with Crippen LogP contribution in [-0.4, -0.2) is 25.8 Å². The van der Waals surface area contributed by atoms with Gasteiger partial charge in [-0.3, -0.25) is 10.1 Å². The number of hydrogen-bond acceptors (Lipinski definition) is 4. The summed E-state index contributed by atoms with van der Waals surface area (Å²) in [6.45, 7) is -0.00512. The molecule has 0 aliphatic rings. The molecule has 0 radical (unpaired) electrons. The first-order valence-corrected chi connectivity index (χ1v) is 7.42. The number of benzene rings is 1. The summed E-state index contributed by atoms with van der Waals surface area (Å²) in [6.07, 6.45) is 3.06. The highest BCUT2D eigenvalue weighted by molar-refractivity contribution is 7.89. The summed E-state index contributed by atoms with van der Waals surface area (Å²) in [5.41, 5.74) is -0.568. The van der Waals surface area contributed by atoms with Crippen molar-refractivity contribution in [1.82, 2.24) is 4.72 Å². The van der Waals surface area contributed by atoms with Crippen LogP contribution in [0.3, 0.4) is 0 Å². The molecular formula is C10H10Cl2N2O4S. The van der Waals surface area contributed by atoms with Crippen molar-refractivity contribution in [3.8, 4) is 0 Å². The van der Waals surface area contributed by atoms with Crippen molar-refractivity contribution in [3.63, 3.8) is 0 Å². The number of alkyl halides is 1. The number of rotatable bonds is 6. The number of sulfonamides is 1. The molecule has 0 amide bonds. The Kier molecular flexibility index (Phi) is 5.74. The second-order valence-electron chi connectivity index (χ2n) is 3.35. The Hall–Kier alpha value is -1.15. The number of nitro benzene ring substituents is 1. The van der Waals surface area contributed by atoms with E-state index in [9.17, 15) is 18.5 Å². The Morgan fingerprint density at radius 2 is 2.05 bits per heavy atom. The van der Waals surface area contributed by atoms with Crippen LogP contribution in [0.25, 0.3) is 0 Å². The van der Waals surface area contributed by atoms with Crippen molar-refractivity contribution in [3.05, 3.63) is 45.5 Å². The fourth-order valence-electron chi connectivity index (χ4n) is 1.24. The van der Waals surface area contributed by atoms with Crippen LogP contribution in [0.2, 0.25) is 5.02 Å². The van der Waals surface area contributed by atoms with Crippen molar-refractivity contribution in [2.24, 2.45) is 0 Å². The molecule has 0 aliphatic carbocycles. The van der Waals surface area contributed by atoms with Gasteiger partial charge in [-0.1, -0.05) is 23.8 Å². The summed E-state index contributed by atoms with van der Waals surface area (Å²) < 4.78 is 26.0. The van der Waals surface area contributed by atoms with Gasteiger partial charge in [0.25, 0.3) is 5.69 Å². The van der Waals surface area contributed by atoms with Gasteiger partial charge in [0.1, 0.15) is 0 Å². The van der Waals surface area contributed by atoms with E-state index < -0.39 is 25.5 Å². The zero-order chi connectivity index (χ0) is 14.5. The van der Waals surface area contributed by atoms with Gasteiger partial charge in [-0.05, 0) is 12.1 Å². The topological polar surface area (TPSA) is 89.3 Å². The van der Waals surface area contributed by atoms with Crippen LogP contribution >= 0.6 is 23.2 Å². The lowest BCUT2D eigenvalue weighted by Crippen LogP contribution is -2.24. The van der Waals surface area contributed by atoms with E-state index in [-0.39, 0.29) is 17.4 Å². The first kappa shape index (κ1) is 15.9. The number of nitro groups is 1.